The molecule has 3 heterocycles. The van der Waals surface area contributed by atoms with Crippen molar-refractivity contribution in [3.63, 3.8) is 0 Å². The summed E-state index contributed by atoms with van der Waals surface area (Å²) in [5.41, 5.74) is -0.264. The molecule has 2 aromatic rings. The van der Waals surface area contributed by atoms with Gasteiger partial charge in [-0.15, -0.1) is 0 Å². The SMILES string of the molecule is CN1C(=O)c2c(O)c(=O)ccn2N2C(c3ccccc3)C(CC(F)(F)F)CCC12. The third-order valence-electron chi connectivity index (χ3n) is 5.74. The van der Waals surface area contributed by atoms with E-state index in [4.69, 9.17) is 0 Å². The zero-order valence-electron chi connectivity index (χ0n) is 15.6. The summed E-state index contributed by atoms with van der Waals surface area (Å²) in [6, 6.07) is 9.24. The molecule has 3 unspecified atom stereocenters. The van der Waals surface area contributed by atoms with Gasteiger partial charge in [-0.25, -0.2) is 0 Å². The van der Waals surface area contributed by atoms with Gasteiger partial charge in [-0.3, -0.25) is 19.3 Å². The van der Waals surface area contributed by atoms with Crippen LogP contribution >= 0.6 is 0 Å². The molecule has 3 atom stereocenters. The smallest absolute Gasteiger partial charge is 0.389 e. The normalized spacial score (nSPS) is 24.3. The van der Waals surface area contributed by atoms with Crippen LogP contribution in [0.15, 0.2) is 47.4 Å². The van der Waals surface area contributed by atoms with Crippen molar-refractivity contribution in [3.8, 4) is 5.75 Å². The van der Waals surface area contributed by atoms with Gasteiger partial charge in [0, 0.05) is 25.7 Å². The predicted molar refractivity (Wildman–Crippen MR) is 99.0 cm³/mol. The van der Waals surface area contributed by atoms with Gasteiger partial charge in [0.1, 0.15) is 6.17 Å². The second-order valence-corrected chi connectivity index (χ2v) is 7.51. The Hall–Kier alpha value is -2.97. The summed E-state index contributed by atoms with van der Waals surface area (Å²) in [4.78, 5) is 26.1. The van der Waals surface area contributed by atoms with E-state index in [2.05, 4.69) is 0 Å². The lowest BCUT2D eigenvalue weighted by atomic mass is 9.81. The number of rotatable bonds is 2. The molecule has 0 bridgehead atoms. The van der Waals surface area contributed by atoms with Crippen molar-refractivity contribution in [1.29, 1.82) is 0 Å². The van der Waals surface area contributed by atoms with E-state index in [1.54, 1.807) is 35.3 Å². The fourth-order valence-corrected chi connectivity index (χ4v) is 4.50. The summed E-state index contributed by atoms with van der Waals surface area (Å²) < 4.78 is 41.4. The number of piperidine rings is 1. The molecule has 9 heteroatoms. The van der Waals surface area contributed by atoms with Crippen LogP contribution in [0, 0.1) is 5.92 Å². The number of benzene rings is 1. The minimum Gasteiger partial charge on any atom is -0.502 e. The third kappa shape index (κ3) is 3.24. The topological polar surface area (TPSA) is 65.8 Å². The van der Waals surface area contributed by atoms with Gasteiger partial charge in [0.15, 0.2) is 11.4 Å². The van der Waals surface area contributed by atoms with E-state index >= 15 is 0 Å². The van der Waals surface area contributed by atoms with Crippen LogP contribution in [-0.2, 0) is 0 Å². The van der Waals surface area contributed by atoms with E-state index in [9.17, 15) is 27.9 Å². The molecular weight excluding hydrogens is 387 g/mol. The summed E-state index contributed by atoms with van der Waals surface area (Å²) in [6.45, 7) is 0. The molecule has 0 aliphatic carbocycles. The maximum absolute atomic E-state index is 13.3. The van der Waals surface area contributed by atoms with Gasteiger partial charge in [0.25, 0.3) is 5.91 Å². The average molecular weight is 407 g/mol. The first-order valence-electron chi connectivity index (χ1n) is 9.31. The summed E-state index contributed by atoms with van der Waals surface area (Å²) in [7, 11) is 1.53. The summed E-state index contributed by atoms with van der Waals surface area (Å²) >= 11 is 0. The summed E-state index contributed by atoms with van der Waals surface area (Å²) in [5.74, 6) is -1.99. The number of carbonyl (C=O) groups is 1. The van der Waals surface area contributed by atoms with Gasteiger partial charge >= 0.3 is 6.18 Å². The molecule has 1 aromatic carbocycles. The number of aromatic hydroxyl groups is 1. The third-order valence-corrected chi connectivity index (χ3v) is 5.74. The highest BCUT2D eigenvalue weighted by molar-refractivity contribution is 5.96. The van der Waals surface area contributed by atoms with Gasteiger partial charge in [0.05, 0.1) is 6.04 Å². The molecule has 1 amide bonds. The standard InChI is InChI=1S/C20H20F3N3O3/c1-24-15-8-7-13(11-20(21,22)23)16(12-5-3-2-4-6-12)26(15)25-10-9-14(27)18(28)17(25)19(24)29/h2-6,9-10,13,15-16,28H,7-8,11H2,1H3. The van der Waals surface area contributed by atoms with E-state index in [1.807, 2.05) is 0 Å². The lowest BCUT2D eigenvalue weighted by Gasteiger charge is -2.54. The van der Waals surface area contributed by atoms with Crippen molar-refractivity contribution >= 4 is 5.91 Å². The molecule has 2 aliphatic heterocycles. The van der Waals surface area contributed by atoms with Crippen molar-refractivity contribution in [2.75, 3.05) is 12.1 Å². The maximum Gasteiger partial charge on any atom is 0.389 e. The highest BCUT2D eigenvalue weighted by Gasteiger charge is 2.48. The van der Waals surface area contributed by atoms with Crippen molar-refractivity contribution in [2.24, 2.45) is 5.92 Å². The van der Waals surface area contributed by atoms with Crippen molar-refractivity contribution in [3.05, 3.63) is 64.1 Å². The highest BCUT2D eigenvalue weighted by atomic mass is 19.4. The Kier molecular flexibility index (Phi) is 4.55. The number of nitrogens with zero attached hydrogens (tertiary/aromatic N) is 3. The number of halogens is 3. The van der Waals surface area contributed by atoms with Gasteiger partial charge in [-0.1, -0.05) is 30.3 Å². The van der Waals surface area contributed by atoms with Crippen LogP contribution in [0.5, 0.6) is 5.75 Å². The van der Waals surface area contributed by atoms with Crippen molar-refractivity contribution < 1.29 is 23.1 Å². The maximum atomic E-state index is 13.3. The second-order valence-electron chi connectivity index (χ2n) is 7.51. The number of carbonyl (C=O) groups excluding carboxylic acids is 1. The zero-order valence-corrected chi connectivity index (χ0v) is 15.6. The average Bonchev–Trinajstić information content (AvgIpc) is 2.67. The summed E-state index contributed by atoms with van der Waals surface area (Å²) in [6.07, 6.45) is -3.81. The lowest BCUT2D eigenvalue weighted by Crippen LogP contribution is -2.64. The number of aromatic nitrogens is 1. The van der Waals surface area contributed by atoms with Crippen LogP contribution < -0.4 is 10.4 Å². The lowest BCUT2D eigenvalue weighted by molar-refractivity contribution is -0.149. The first kappa shape index (κ1) is 19.4. The Labute approximate surface area is 164 Å². The van der Waals surface area contributed by atoms with Crippen LogP contribution in [0.3, 0.4) is 0 Å². The predicted octanol–water partition coefficient (Wildman–Crippen LogP) is 3.01. The fourth-order valence-electron chi connectivity index (χ4n) is 4.50. The minimum atomic E-state index is -4.34. The molecule has 0 spiro atoms. The van der Waals surface area contributed by atoms with Crippen LogP contribution in [0.2, 0.25) is 0 Å². The number of hydrogen-bond acceptors (Lipinski definition) is 4. The molecule has 0 radical (unpaired) electrons. The molecule has 6 nitrogen and oxygen atoms in total. The quantitative estimate of drug-likeness (QED) is 0.831. The number of alkyl halides is 3. The number of hydrogen-bond donors (Lipinski definition) is 1. The highest BCUT2D eigenvalue weighted by Crippen LogP contribution is 2.45. The molecule has 1 saturated heterocycles. The Morgan fingerprint density at radius 1 is 1.10 bits per heavy atom. The first-order valence-corrected chi connectivity index (χ1v) is 9.31. The monoisotopic (exact) mass is 407 g/mol. The van der Waals surface area contributed by atoms with Gasteiger partial charge in [-0.05, 0) is 24.3 Å². The number of pyridine rings is 1. The Balaban J connectivity index is 1.91. The van der Waals surface area contributed by atoms with Gasteiger partial charge < -0.3 is 10.0 Å². The minimum absolute atomic E-state index is 0.232. The summed E-state index contributed by atoms with van der Waals surface area (Å²) in [5, 5.41) is 11.9. The fraction of sp³-hybridized carbons (Fsp3) is 0.400. The Morgan fingerprint density at radius 3 is 2.45 bits per heavy atom. The van der Waals surface area contributed by atoms with Crippen molar-refractivity contribution in [1.82, 2.24) is 9.58 Å². The Bertz CT molecular complexity index is 990. The molecule has 154 valence electrons. The number of amides is 1. The molecule has 1 fully saturated rings. The molecule has 1 aromatic heterocycles. The molecule has 1 N–H and O–H groups in total. The van der Waals surface area contributed by atoms with E-state index in [0.717, 1.165) is 6.07 Å². The van der Waals surface area contributed by atoms with E-state index in [0.29, 0.717) is 18.4 Å². The molecule has 2 aliphatic rings. The molecule has 0 saturated carbocycles. The number of fused-ring (bicyclic) bond motifs is 3. The van der Waals surface area contributed by atoms with Crippen LogP contribution in [0.25, 0.3) is 0 Å². The first-order chi connectivity index (χ1) is 13.7. The van der Waals surface area contributed by atoms with Gasteiger partial charge in [0.2, 0.25) is 5.43 Å². The van der Waals surface area contributed by atoms with E-state index in [1.165, 1.54) is 22.8 Å². The van der Waals surface area contributed by atoms with E-state index < -0.39 is 47.8 Å². The molecule has 4 rings (SSSR count). The second kappa shape index (κ2) is 6.82. The van der Waals surface area contributed by atoms with Crippen LogP contribution in [0.1, 0.15) is 41.4 Å². The zero-order chi connectivity index (χ0) is 20.9. The Morgan fingerprint density at radius 2 is 1.79 bits per heavy atom. The van der Waals surface area contributed by atoms with Crippen LogP contribution in [-0.4, -0.2) is 40.0 Å². The molecule has 29 heavy (non-hydrogen) atoms. The van der Waals surface area contributed by atoms with E-state index in [-0.39, 0.29) is 5.69 Å². The van der Waals surface area contributed by atoms with Gasteiger partial charge in [-0.2, -0.15) is 13.2 Å². The van der Waals surface area contributed by atoms with Crippen LogP contribution in [0.4, 0.5) is 13.2 Å². The largest absolute Gasteiger partial charge is 0.502 e. The molecular formula is C20H20F3N3O3. The van der Waals surface area contributed by atoms with Crippen molar-refractivity contribution in [2.45, 2.75) is 37.6 Å².